The molecule has 0 bridgehead atoms. The van der Waals surface area contributed by atoms with Crippen LogP contribution in [0.3, 0.4) is 0 Å². The van der Waals surface area contributed by atoms with Crippen LogP contribution in [0.25, 0.3) is 0 Å². The maximum absolute atomic E-state index is 8.88. The lowest BCUT2D eigenvalue weighted by molar-refractivity contribution is 0.414. The number of aromatic hydroxyl groups is 1. The minimum Gasteiger partial charge on any atom is -0.508 e. The number of phenols is 1. The maximum atomic E-state index is 8.88. The first-order valence-corrected chi connectivity index (χ1v) is 6.45. The van der Waals surface area contributed by atoms with Crippen molar-refractivity contribution in [1.29, 1.82) is 0 Å². The Hall–Kier alpha value is -1.38. The molecule has 0 saturated carbocycles. The van der Waals surface area contributed by atoms with Gasteiger partial charge < -0.3 is 9.84 Å². The van der Waals surface area contributed by atoms with Crippen molar-refractivity contribution < 1.29 is 9.84 Å². The molecule has 0 amide bonds. The minimum absolute atomic E-state index is 0.261. The van der Waals surface area contributed by atoms with Crippen molar-refractivity contribution in [2.45, 2.75) is 13.8 Å². The topological polar surface area (TPSA) is 29.5 Å². The van der Waals surface area contributed by atoms with E-state index in [0.717, 1.165) is 21.9 Å². The van der Waals surface area contributed by atoms with Crippen LogP contribution in [-0.4, -0.2) is 12.2 Å². The molecule has 2 nitrogen and oxygen atoms in total. The smallest absolute Gasteiger partial charge is 0.119 e. The van der Waals surface area contributed by atoms with Crippen molar-refractivity contribution in [3.63, 3.8) is 0 Å². The van der Waals surface area contributed by atoms with Gasteiger partial charge in [-0.2, -0.15) is 0 Å². The summed E-state index contributed by atoms with van der Waals surface area (Å²) in [5.41, 5.74) is 1.94. The van der Waals surface area contributed by atoms with Crippen molar-refractivity contribution in [3.05, 3.63) is 57.6 Å². The number of halogens is 2. The lowest BCUT2D eigenvalue weighted by atomic mass is 10.2. The Morgan fingerprint density at radius 3 is 1.84 bits per heavy atom. The molecule has 0 unspecified atom stereocenters. The van der Waals surface area contributed by atoms with Gasteiger partial charge in [-0.1, -0.05) is 23.2 Å². The Kier molecular flexibility index (Phi) is 6.00. The number of hydrogen-bond donors (Lipinski definition) is 1. The molecule has 0 aliphatic carbocycles. The quantitative estimate of drug-likeness (QED) is 0.802. The average molecular weight is 299 g/mol. The van der Waals surface area contributed by atoms with E-state index in [0.29, 0.717) is 5.02 Å². The minimum atomic E-state index is 0.261. The third-order valence-corrected chi connectivity index (χ3v) is 3.35. The molecule has 2 aromatic carbocycles. The van der Waals surface area contributed by atoms with Crippen LogP contribution in [-0.2, 0) is 0 Å². The van der Waals surface area contributed by atoms with Crippen LogP contribution >= 0.6 is 23.2 Å². The zero-order chi connectivity index (χ0) is 14.4. The van der Waals surface area contributed by atoms with Gasteiger partial charge in [0.05, 0.1) is 7.11 Å². The molecule has 102 valence electrons. The van der Waals surface area contributed by atoms with E-state index in [9.17, 15) is 0 Å². The second-order valence-corrected chi connectivity index (χ2v) is 4.86. The van der Waals surface area contributed by atoms with Crippen LogP contribution in [0.15, 0.2) is 36.4 Å². The van der Waals surface area contributed by atoms with Crippen LogP contribution in [0, 0.1) is 13.8 Å². The number of aryl methyl sites for hydroxylation is 2. The van der Waals surface area contributed by atoms with E-state index < -0.39 is 0 Å². The van der Waals surface area contributed by atoms with E-state index in [2.05, 4.69) is 0 Å². The van der Waals surface area contributed by atoms with Gasteiger partial charge in [-0.15, -0.1) is 0 Å². The normalized spacial score (nSPS) is 9.53. The van der Waals surface area contributed by atoms with Gasteiger partial charge in [-0.3, -0.25) is 0 Å². The summed E-state index contributed by atoms with van der Waals surface area (Å²) in [4.78, 5) is 0. The van der Waals surface area contributed by atoms with E-state index in [4.69, 9.17) is 33.0 Å². The van der Waals surface area contributed by atoms with Crippen molar-refractivity contribution >= 4 is 23.2 Å². The third kappa shape index (κ3) is 5.01. The summed E-state index contributed by atoms with van der Waals surface area (Å²) < 4.78 is 4.99. The molecule has 0 aliphatic rings. The molecular weight excluding hydrogens is 283 g/mol. The van der Waals surface area contributed by atoms with Crippen LogP contribution in [0.1, 0.15) is 11.1 Å². The predicted molar refractivity (Wildman–Crippen MR) is 80.6 cm³/mol. The molecule has 2 aromatic rings. The molecule has 19 heavy (non-hydrogen) atoms. The Balaban J connectivity index is 0.000000191. The van der Waals surface area contributed by atoms with Crippen LogP contribution in [0.2, 0.25) is 10.0 Å². The van der Waals surface area contributed by atoms with Gasteiger partial charge in [-0.25, -0.2) is 0 Å². The van der Waals surface area contributed by atoms with Gasteiger partial charge in [0.15, 0.2) is 0 Å². The van der Waals surface area contributed by atoms with Gasteiger partial charge in [0.1, 0.15) is 11.5 Å². The van der Waals surface area contributed by atoms with E-state index >= 15 is 0 Å². The number of phenolic OH excluding ortho intramolecular Hbond substituents is 1. The molecule has 0 radical (unpaired) electrons. The molecule has 4 heteroatoms. The molecule has 2 rings (SSSR count). The zero-order valence-corrected chi connectivity index (χ0v) is 12.6. The third-order valence-electron chi connectivity index (χ3n) is 2.51. The van der Waals surface area contributed by atoms with Crippen molar-refractivity contribution in [3.8, 4) is 11.5 Å². The van der Waals surface area contributed by atoms with Gasteiger partial charge in [-0.05, 0) is 61.4 Å². The summed E-state index contributed by atoms with van der Waals surface area (Å²) >= 11 is 11.5. The molecular formula is C15H16Cl2O2. The van der Waals surface area contributed by atoms with E-state index in [1.165, 1.54) is 0 Å². The molecule has 0 heterocycles. The molecule has 0 aliphatic heterocycles. The fourth-order valence-electron chi connectivity index (χ4n) is 1.37. The zero-order valence-electron chi connectivity index (χ0n) is 11.1. The predicted octanol–water partition coefficient (Wildman–Crippen LogP) is 5.01. The fourth-order valence-corrected chi connectivity index (χ4v) is 1.61. The van der Waals surface area contributed by atoms with Crippen molar-refractivity contribution in [1.82, 2.24) is 0 Å². The lowest BCUT2D eigenvalue weighted by Crippen LogP contribution is -1.82. The van der Waals surface area contributed by atoms with Gasteiger partial charge in [0.25, 0.3) is 0 Å². The summed E-state index contributed by atoms with van der Waals surface area (Å²) in [6, 6.07) is 10.4. The van der Waals surface area contributed by atoms with Gasteiger partial charge >= 0.3 is 0 Å². The molecule has 0 saturated heterocycles. The van der Waals surface area contributed by atoms with Gasteiger partial charge in [0, 0.05) is 10.0 Å². The van der Waals surface area contributed by atoms with Crippen molar-refractivity contribution in [2.24, 2.45) is 0 Å². The van der Waals surface area contributed by atoms with Gasteiger partial charge in [0.2, 0.25) is 0 Å². The van der Waals surface area contributed by atoms with E-state index in [1.807, 2.05) is 32.0 Å². The largest absolute Gasteiger partial charge is 0.508 e. The summed E-state index contributed by atoms with van der Waals surface area (Å²) in [7, 11) is 1.64. The second-order valence-electron chi connectivity index (χ2n) is 4.05. The van der Waals surface area contributed by atoms with Crippen LogP contribution in [0.5, 0.6) is 11.5 Å². The first-order valence-electron chi connectivity index (χ1n) is 5.69. The highest BCUT2D eigenvalue weighted by Crippen LogP contribution is 2.20. The van der Waals surface area contributed by atoms with Crippen LogP contribution in [0.4, 0.5) is 0 Å². The average Bonchev–Trinajstić information content (AvgIpc) is 2.38. The summed E-state index contributed by atoms with van der Waals surface area (Å²) in [6.07, 6.45) is 0. The molecule has 1 N–H and O–H groups in total. The fraction of sp³-hybridized carbons (Fsp3) is 0.200. The first kappa shape index (κ1) is 15.7. The highest BCUT2D eigenvalue weighted by molar-refractivity contribution is 6.31. The number of methoxy groups -OCH3 is 1. The van der Waals surface area contributed by atoms with E-state index in [-0.39, 0.29) is 5.75 Å². The number of rotatable bonds is 1. The Labute approximate surface area is 123 Å². The maximum Gasteiger partial charge on any atom is 0.119 e. The lowest BCUT2D eigenvalue weighted by Gasteiger charge is -2.00. The summed E-state index contributed by atoms with van der Waals surface area (Å²) in [6.45, 7) is 3.80. The standard InChI is InChI=1S/C8H9ClO.C7H7ClO/c1-6-5-7(10-2)3-4-8(6)9;1-5-4-6(9)2-3-7(5)8/h3-5H,1-2H3;2-4,9H,1H3. The number of hydrogen-bond acceptors (Lipinski definition) is 2. The molecule has 0 aromatic heterocycles. The molecule has 0 fully saturated rings. The SMILES string of the molecule is COc1ccc(Cl)c(C)c1.Cc1cc(O)ccc1Cl. The highest BCUT2D eigenvalue weighted by atomic mass is 35.5. The first-order chi connectivity index (χ1) is 8.93. The number of ether oxygens (including phenoxy) is 1. The monoisotopic (exact) mass is 298 g/mol. The highest BCUT2D eigenvalue weighted by Gasteiger charge is 1.95. The molecule has 0 spiro atoms. The molecule has 0 atom stereocenters. The van der Waals surface area contributed by atoms with E-state index in [1.54, 1.807) is 25.3 Å². The number of benzene rings is 2. The Bertz CT molecular complexity index is 554. The summed E-state index contributed by atoms with van der Waals surface area (Å²) in [5, 5.41) is 10.3. The van der Waals surface area contributed by atoms with Crippen LogP contribution < -0.4 is 4.74 Å². The second kappa shape index (κ2) is 7.27. The summed E-state index contributed by atoms with van der Waals surface area (Å²) in [5.74, 6) is 1.11. The van der Waals surface area contributed by atoms with Crippen molar-refractivity contribution in [2.75, 3.05) is 7.11 Å². The Morgan fingerprint density at radius 1 is 0.895 bits per heavy atom. The Morgan fingerprint density at radius 2 is 1.42 bits per heavy atom.